The van der Waals surface area contributed by atoms with E-state index in [0.29, 0.717) is 29.1 Å². The van der Waals surface area contributed by atoms with Gasteiger partial charge in [0, 0.05) is 17.6 Å². The largest absolute Gasteiger partial charge is 0.404 e. The highest BCUT2D eigenvalue weighted by atomic mass is 32.2. The van der Waals surface area contributed by atoms with E-state index < -0.39 is 33.0 Å². The number of hydrogen-bond acceptors (Lipinski definition) is 4. The van der Waals surface area contributed by atoms with Crippen molar-refractivity contribution >= 4 is 20.9 Å². The molecule has 33 heavy (non-hydrogen) atoms. The average molecular weight is 480 g/mol. The zero-order valence-corrected chi connectivity index (χ0v) is 18.6. The molecule has 174 valence electrons. The molecule has 0 saturated heterocycles. The minimum atomic E-state index is -4.74. The Kier molecular flexibility index (Phi) is 5.70. The van der Waals surface area contributed by atoms with Gasteiger partial charge >= 0.3 is 6.18 Å². The summed E-state index contributed by atoms with van der Waals surface area (Å²) < 4.78 is 80.9. The molecule has 2 aromatic heterocycles. The molecule has 0 aliphatic heterocycles. The Balaban J connectivity index is 1.82. The maximum atomic E-state index is 14.3. The number of hydrogen-bond donors (Lipinski definition) is 1. The summed E-state index contributed by atoms with van der Waals surface area (Å²) in [5.41, 5.74) is 2.03. The van der Waals surface area contributed by atoms with Crippen molar-refractivity contribution in [1.29, 1.82) is 5.26 Å². The highest BCUT2D eigenvalue weighted by molar-refractivity contribution is 7.89. The number of aryl methyl sites for hydroxylation is 1. The maximum Gasteiger partial charge on any atom is 0.404 e. The Morgan fingerprint density at radius 3 is 2.48 bits per heavy atom. The van der Waals surface area contributed by atoms with Crippen molar-refractivity contribution in [3.05, 3.63) is 47.4 Å². The van der Waals surface area contributed by atoms with E-state index in [2.05, 4.69) is 11.1 Å². The monoisotopic (exact) mass is 480 g/mol. The quantitative estimate of drug-likeness (QED) is 0.522. The van der Waals surface area contributed by atoms with Crippen LogP contribution in [0.4, 0.5) is 17.6 Å². The standard InChI is InChI=1S/C22H20F4N4O2S/c1-12-8-20-16(9-18(12)23)17(10-27)21(30(20)14-4-3-5-14)19-7-6-15(11-28-19)33(31,32)29-13(2)22(24,25)26/h6-9,11,13-14,29H,3-5H2,1-2H3/t13-/m0/s1. The van der Waals surface area contributed by atoms with Crippen molar-refractivity contribution in [3.63, 3.8) is 0 Å². The number of rotatable bonds is 5. The fraction of sp³-hybridized carbons (Fsp3) is 0.364. The number of nitriles is 1. The molecule has 0 unspecified atom stereocenters. The molecule has 0 amide bonds. The van der Waals surface area contributed by atoms with Crippen LogP contribution >= 0.6 is 0 Å². The Morgan fingerprint density at radius 2 is 1.97 bits per heavy atom. The minimum Gasteiger partial charge on any atom is -0.335 e. The summed E-state index contributed by atoms with van der Waals surface area (Å²) >= 11 is 0. The second-order valence-electron chi connectivity index (χ2n) is 8.17. The number of alkyl halides is 3. The van der Waals surface area contributed by atoms with Crippen LogP contribution in [-0.2, 0) is 10.0 Å². The predicted octanol–water partition coefficient (Wildman–Crippen LogP) is 4.98. The van der Waals surface area contributed by atoms with Crippen molar-refractivity contribution in [3.8, 4) is 17.5 Å². The van der Waals surface area contributed by atoms with Crippen molar-refractivity contribution in [1.82, 2.24) is 14.3 Å². The van der Waals surface area contributed by atoms with E-state index in [-0.39, 0.29) is 17.3 Å². The van der Waals surface area contributed by atoms with Gasteiger partial charge in [-0.15, -0.1) is 0 Å². The van der Waals surface area contributed by atoms with Crippen molar-refractivity contribution < 1.29 is 26.0 Å². The first-order valence-corrected chi connectivity index (χ1v) is 11.7. The lowest BCUT2D eigenvalue weighted by Gasteiger charge is -2.30. The average Bonchev–Trinajstić information content (AvgIpc) is 2.99. The first-order chi connectivity index (χ1) is 15.4. The SMILES string of the molecule is Cc1cc2c(cc1F)c(C#N)c(-c1ccc(S(=O)(=O)N[C@@H](C)C(F)(F)F)cn1)n2C1CCC1. The number of fused-ring (bicyclic) bond motifs is 1. The van der Waals surface area contributed by atoms with Crippen LogP contribution in [-0.4, -0.2) is 30.2 Å². The van der Waals surface area contributed by atoms with Crippen molar-refractivity contribution in [2.45, 2.75) is 56.3 Å². The minimum absolute atomic E-state index is 0.0778. The van der Waals surface area contributed by atoms with Crippen LogP contribution in [0.5, 0.6) is 0 Å². The van der Waals surface area contributed by atoms with Gasteiger partial charge in [-0.3, -0.25) is 4.98 Å². The number of nitrogens with one attached hydrogen (secondary N) is 1. The van der Waals surface area contributed by atoms with Crippen LogP contribution in [0.3, 0.4) is 0 Å². The molecular weight excluding hydrogens is 460 g/mol. The van der Waals surface area contributed by atoms with Gasteiger partial charge in [-0.2, -0.15) is 23.2 Å². The second-order valence-corrected chi connectivity index (χ2v) is 9.89. The fourth-order valence-corrected chi connectivity index (χ4v) is 5.04. The molecule has 1 aliphatic carbocycles. The van der Waals surface area contributed by atoms with Gasteiger partial charge in [0.2, 0.25) is 10.0 Å². The van der Waals surface area contributed by atoms with E-state index in [1.807, 2.05) is 4.57 Å². The summed E-state index contributed by atoms with van der Waals surface area (Å²) in [6.07, 6.45) is -1.05. The molecule has 1 aliphatic rings. The molecule has 1 N–H and O–H groups in total. The van der Waals surface area contributed by atoms with Crippen molar-refractivity contribution in [2.24, 2.45) is 0 Å². The number of pyridine rings is 1. The van der Waals surface area contributed by atoms with E-state index in [1.165, 1.54) is 12.1 Å². The third kappa shape index (κ3) is 4.09. The van der Waals surface area contributed by atoms with Crippen LogP contribution in [0.1, 0.15) is 43.4 Å². The highest BCUT2D eigenvalue weighted by Crippen LogP contribution is 2.42. The summed E-state index contributed by atoms with van der Waals surface area (Å²) in [4.78, 5) is 3.73. The predicted molar refractivity (Wildman–Crippen MR) is 113 cm³/mol. The number of sulfonamides is 1. The second kappa shape index (κ2) is 8.11. The molecule has 1 atom stereocenters. The molecule has 1 aromatic carbocycles. The topological polar surface area (TPSA) is 87.8 Å². The number of aromatic nitrogens is 2. The Labute approximate surface area is 187 Å². The molecule has 0 bridgehead atoms. The number of halogens is 4. The van der Waals surface area contributed by atoms with Gasteiger partial charge in [-0.25, -0.2) is 12.8 Å². The summed E-state index contributed by atoms with van der Waals surface area (Å²) in [6, 6.07) is 5.39. The molecule has 4 rings (SSSR count). The lowest BCUT2D eigenvalue weighted by molar-refractivity contribution is -0.147. The highest BCUT2D eigenvalue weighted by Gasteiger charge is 2.39. The van der Waals surface area contributed by atoms with E-state index in [4.69, 9.17) is 0 Å². The summed E-state index contributed by atoms with van der Waals surface area (Å²) in [7, 11) is -4.47. The van der Waals surface area contributed by atoms with E-state index in [1.54, 1.807) is 17.7 Å². The van der Waals surface area contributed by atoms with Crippen LogP contribution in [0, 0.1) is 24.1 Å². The Bertz CT molecular complexity index is 1370. The number of benzene rings is 1. The molecule has 2 heterocycles. The zero-order chi connectivity index (χ0) is 24.1. The molecule has 3 aromatic rings. The van der Waals surface area contributed by atoms with Crippen LogP contribution < -0.4 is 4.72 Å². The van der Waals surface area contributed by atoms with Gasteiger partial charge in [-0.05, 0) is 62.9 Å². The van der Waals surface area contributed by atoms with Gasteiger partial charge in [0.1, 0.15) is 22.8 Å². The smallest absolute Gasteiger partial charge is 0.335 e. The summed E-state index contributed by atoms with van der Waals surface area (Å²) in [6.45, 7) is 2.34. The lowest BCUT2D eigenvalue weighted by Crippen LogP contribution is -2.42. The van der Waals surface area contributed by atoms with Gasteiger partial charge < -0.3 is 4.57 Å². The molecule has 11 heteroatoms. The summed E-state index contributed by atoms with van der Waals surface area (Å²) in [5, 5.41) is 10.3. The summed E-state index contributed by atoms with van der Waals surface area (Å²) in [5.74, 6) is -0.449. The third-order valence-electron chi connectivity index (χ3n) is 5.95. The van der Waals surface area contributed by atoms with Gasteiger partial charge in [-0.1, -0.05) is 0 Å². The molecule has 0 spiro atoms. The van der Waals surface area contributed by atoms with Gasteiger partial charge in [0.25, 0.3) is 0 Å². The zero-order valence-electron chi connectivity index (χ0n) is 17.7. The van der Waals surface area contributed by atoms with E-state index in [9.17, 15) is 31.2 Å². The first kappa shape index (κ1) is 23.2. The van der Waals surface area contributed by atoms with Crippen LogP contribution in [0.15, 0.2) is 35.4 Å². The Morgan fingerprint density at radius 1 is 1.27 bits per heavy atom. The number of nitrogens with zero attached hydrogens (tertiary/aromatic N) is 3. The van der Waals surface area contributed by atoms with E-state index >= 15 is 0 Å². The van der Waals surface area contributed by atoms with Crippen LogP contribution in [0.2, 0.25) is 0 Å². The fourth-order valence-electron chi connectivity index (χ4n) is 3.87. The third-order valence-corrected chi connectivity index (χ3v) is 7.47. The van der Waals surface area contributed by atoms with E-state index in [0.717, 1.165) is 31.5 Å². The first-order valence-electron chi connectivity index (χ1n) is 10.2. The maximum absolute atomic E-state index is 14.3. The van der Waals surface area contributed by atoms with Crippen LogP contribution in [0.25, 0.3) is 22.3 Å². The molecule has 6 nitrogen and oxygen atoms in total. The van der Waals surface area contributed by atoms with Gasteiger partial charge in [0.05, 0.1) is 22.5 Å². The lowest BCUT2D eigenvalue weighted by atomic mass is 9.92. The van der Waals surface area contributed by atoms with Gasteiger partial charge in [0.15, 0.2) is 0 Å². The molecular formula is C22H20F4N4O2S. The molecule has 0 radical (unpaired) electrons. The Hall–Kier alpha value is -2.97. The molecule has 1 saturated carbocycles. The molecule has 1 fully saturated rings. The van der Waals surface area contributed by atoms with Crippen molar-refractivity contribution in [2.75, 3.05) is 0 Å². The normalized spacial score (nSPS) is 15.9.